The van der Waals surface area contributed by atoms with Crippen LogP contribution in [-0.2, 0) is 11.2 Å². The topological polar surface area (TPSA) is 76.2 Å². The zero-order valence-corrected chi connectivity index (χ0v) is 17.2. The highest BCUT2D eigenvalue weighted by Crippen LogP contribution is 2.38. The number of nitrogens with zero attached hydrogens (tertiary/aromatic N) is 1. The number of H-pyrrole nitrogens is 1. The summed E-state index contributed by atoms with van der Waals surface area (Å²) in [5, 5.41) is 12.5. The molecule has 0 saturated carbocycles. The van der Waals surface area contributed by atoms with Crippen molar-refractivity contribution in [1.29, 1.82) is 0 Å². The number of nitrogens with one attached hydrogen (secondary N) is 2. The third kappa shape index (κ3) is 3.29. The molecule has 1 amide bonds. The molecule has 2 aromatic heterocycles. The number of aromatic nitrogens is 2. The molecule has 0 aliphatic carbocycles. The second-order valence-corrected chi connectivity index (χ2v) is 8.50. The zero-order valence-electron chi connectivity index (χ0n) is 16.3. The molecule has 3 aromatic carbocycles. The van der Waals surface area contributed by atoms with E-state index in [1.54, 1.807) is 17.5 Å². The van der Waals surface area contributed by atoms with E-state index in [1.165, 1.54) is 10.1 Å². The van der Waals surface area contributed by atoms with Crippen LogP contribution in [0, 0.1) is 0 Å². The third-order valence-corrected chi connectivity index (χ3v) is 6.47. The van der Waals surface area contributed by atoms with Crippen LogP contribution in [0.5, 0.6) is 11.5 Å². The van der Waals surface area contributed by atoms with Gasteiger partial charge in [-0.2, -0.15) is 5.10 Å². The van der Waals surface area contributed by atoms with Crippen molar-refractivity contribution in [3.8, 4) is 21.9 Å². The number of hydrogen-bond donors (Lipinski definition) is 2. The van der Waals surface area contributed by atoms with Gasteiger partial charge in [0.25, 0.3) is 0 Å². The van der Waals surface area contributed by atoms with Crippen molar-refractivity contribution in [1.82, 2.24) is 10.2 Å². The number of carbonyl (C=O) groups is 1. The van der Waals surface area contributed by atoms with Gasteiger partial charge in [0.05, 0.1) is 18.1 Å². The van der Waals surface area contributed by atoms with Crippen molar-refractivity contribution in [2.45, 2.75) is 6.42 Å². The number of ether oxygens (including phenoxy) is 2. The Labute approximate surface area is 181 Å². The summed E-state index contributed by atoms with van der Waals surface area (Å²) in [6, 6.07) is 20.0. The molecule has 1 aliphatic rings. The number of rotatable bonds is 4. The highest BCUT2D eigenvalue weighted by Gasteiger charge is 2.16. The summed E-state index contributed by atoms with van der Waals surface area (Å²) in [6.07, 6.45) is 2.03. The van der Waals surface area contributed by atoms with Crippen LogP contribution >= 0.6 is 11.3 Å². The molecule has 1 aliphatic heterocycles. The minimum atomic E-state index is -0.0935. The molecular formula is C24H17N3O3S. The summed E-state index contributed by atoms with van der Waals surface area (Å²) in [6.45, 7) is 0.218. The fourth-order valence-corrected chi connectivity index (χ4v) is 4.97. The number of amides is 1. The SMILES string of the molecule is O=C(Cc1ccc2c(c1)OCO2)Nc1cc(-c2cc3ccccc3s2)c2[nH]ncc2c1. The Hall–Kier alpha value is -3.84. The number of anilines is 1. The van der Waals surface area contributed by atoms with Gasteiger partial charge in [-0.3, -0.25) is 9.89 Å². The highest BCUT2D eigenvalue weighted by atomic mass is 32.1. The lowest BCUT2D eigenvalue weighted by Gasteiger charge is -2.09. The van der Waals surface area contributed by atoms with Gasteiger partial charge in [-0.15, -0.1) is 11.3 Å². The van der Waals surface area contributed by atoms with Gasteiger partial charge in [0.1, 0.15) is 0 Å². The molecular weight excluding hydrogens is 410 g/mol. The van der Waals surface area contributed by atoms with E-state index in [-0.39, 0.29) is 19.1 Å². The van der Waals surface area contributed by atoms with E-state index in [4.69, 9.17) is 9.47 Å². The lowest BCUT2D eigenvalue weighted by atomic mass is 10.1. The van der Waals surface area contributed by atoms with E-state index in [0.29, 0.717) is 11.5 Å². The molecule has 7 heteroatoms. The van der Waals surface area contributed by atoms with Crippen LogP contribution in [0.1, 0.15) is 5.56 Å². The molecule has 0 fully saturated rings. The van der Waals surface area contributed by atoms with E-state index >= 15 is 0 Å². The first-order valence-corrected chi connectivity index (χ1v) is 10.7. The summed E-state index contributed by atoms with van der Waals surface area (Å²) in [4.78, 5) is 13.9. The van der Waals surface area contributed by atoms with E-state index in [1.807, 2.05) is 42.5 Å². The Kier molecular flexibility index (Phi) is 4.14. The predicted octanol–water partition coefficient (Wildman–Crippen LogP) is 5.35. The standard InChI is InChI=1S/C24H17N3O3S/c28-23(8-14-5-6-19-20(7-14)30-13-29-19)26-17-9-16-12-25-27-24(16)18(11-17)22-10-15-3-1-2-4-21(15)31-22/h1-7,9-12H,8,13H2,(H,25,27)(H,26,28). The minimum absolute atomic E-state index is 0.0935. The molecule has 152 valence electrons. The highest BCUT2D eigenvalue weighted by molar-refractivity contribution is 7.22. The molecule has 0 spiro atoms. The molecule has 0 bridgehead atoms. The average Bonchev–Trinajstić information content (AvgIpc) is 3.51. The summed E-state index contributed by atoms with van der Waals surface area (Å²) >= 11 is 1.72. The van der Waals surface area contributed by atoms with E-state index < -0.39 is 0 Å². The van der Waals surface area contributed by atoms with Crippen LogP contribution in [0.15, 0.2) is 66.9 Å². The Morgan fingerprint density at radius 1 is 1.03 bits per heavy atom. The van der Waals surface area contributed by atoms with Gasteiger partial charge in [-0.1, -0.05) is 24.3 Å². The van der Waals surface area contributed by atoms with Gasteiger partial charge in [-0.05, 0) is 47.3 Å². The summed E-state index contributed by atoms with van der Waals surface area (Å²) in [5.74, 6) is 1.30. The Morgan fingerprint density at radius 3 is 2.87 bits per heavy atom. The summed E-state index contributed by atoms with van der Waals surface area (Å²) in [5.41, 5.74) is 3.60. The molecule has 3 heterocycles. The van der Waals surface area contributed by atoms with E-state index in [0.717, 1.165) is 32.6 Å². The van der Waals surface area contributed by atoms with Crippen LogP contribution in [0.3, 0.4) is 0 Å². The predicted molar refractivity (Wildman–Crippen MR) is 122 cm³/mol. The fourth-order valence-electron chi connectivity index (χ4n) is 3.88. The van der Waals surface area contributed by atoms with Crippen LogP contribution in [0.4, 0.5) is 5.69 Å². The molecule has 0 saturated heterocycles. The minimum Gasteiger partial charge on any atom is -0.454 e. The zero-order chi connectivity index (χ0) is 20.8. The van der Waals surface area contributed by atoms with Crippen molar-refractivity contribution >= 4 is 43.9 Å². The summed E-state index contributed by atoms with van der Waals surface area (Å²) < 4.78 is 12.0. The van der Waals surface area contributed by atoms with Crippen LogP contribution in [-0.4, -0.2) is 22.9 Å². The number of aromatic amines is 1. The van der Waals surface area contributed by atoms with Crippen molar-refractivity contribution in [3.05, 3.63) is 72.4 Å². The van der Waals surface area contributed by atoms with Crippen molar-refractivity contribution in [3.63, 3.8) is 0 Å². The first kappa shape index (κ1) is 18.0. The van der Waals surface area contributed by atoms with Gasteiger partial charge in [-0.25, -0.2) is 0 Å². The second-order valence-electron chi connectivity index (χ2n) is 7.42. The van der Waals surface area contributed by atoms with Crippen LogP contribution < -0.4 is 14.8 Å². The second kappa shape index (κ2) is 7.14. The third-order valence-electron chi connectivity index (χ3n) is 5.33. The van der Waals surface area contributed by atoms with Crippen molar-refractivity contribution in [2.24, 2.45) is 0 Å². The van der Waals surface area contributed by atoms with E-state index in [9.17, 15) is 4.79 Å². The van der Waals surface area contributed by atoms with Crippen LogP contribution in [0.25, 0.3) is 31.4 Å². The molecule has 6 nitrogen and oxygen atoms in total. The molecule has 0 atom stereocenters. The molecule has 6 rings (SSSR count). The normalized spacial score (nSPS) is 12.5. The quantitative estimate of drug-likeness (QED) is 0.405. The number of benzene rings is 3. The lowest BCUT2D eigenvalue weighted by Crippen LogP contribution is -2.14. The Morgan fingerprint density at radius 2 is 1.94 bits per heavy atom. The first-order valence-electron chi connectivity index (χ1n) is 9.87. The number of fused-ring (bicyclic) bond motifs is 3. The molecule has 0 unspecified atom stereocenters. The smallest absolute Gasteiger partial charge is 0.231 e. The lowest BCUT2D eigenvalue weighted by molar-refractivity contribution is -0.115. The number of thiophene rings is 1. The maximum absolute atomic E-state index is 12.7. The molecule has 31 heavy (non-hydrogen) atoms. The van der Waals surface area contributed by atoms with Crippen molar-refractivity contribution < 1.29 is 14.3 Å². The summed E-state index contributed by atoms with van der Waals surface area (Å²) in [7, 11) is 0. The van der Waals surface area contributed by atoms with Gasteiger partial charge >= 0.3 is 0 Å². The first-order chi connectivity index (χ1) is 15.2. The fraction of sp³-hybridized carbons (Fsp3) is 0.0833. The Bertz CT molecular complexity index is 1420. The number of hydrogen-bond acceptors (Lipinski definition) is 5. The monoisotopic (exact) mass is 427 g/mol. The molecule has 5 aromatic rings. The number of carbonyl (C=O) groups excluding carboxylic acids is 1. The molecule has 2 N–H and O–H groups in total. The van der Waals surface area contributed by atoms with Gasteiger partial charge < -0.3 is 14.8 Å². The van der Waals surface area contributed by atoms with Gasteiger partial charge in [0.2, 0.25) is 12.7 Å². The van der Waals surface area contributed by atoms with Crippen LogP contribution in [0.2, 0.25) is 0 Å². The van der Waals surface area contributed by atoms with E-state index in [2.05, 4.69) is 33.7 Å². The maximum Gasteiger partial charge on any atom is 0.231 e. The van der Waals surface area contributed by atoms with Gasteiger partial charge in [0, 0.05) is 26.2 Å². The Balaban J connectivity index is 1.31. The largest absolute Gasteiger partial charge is 0.454 e. The maximum atomic E-state index is 12.7. The average molecular weight is 427 g/mol. The van der Waals surface area contributed by atoms with Gasteiger partial charge in [0.15, 0.2) is 11.5 Å². The van der Waals surface area contributed by atoms with Crippen molar-refractivity contribution in [2.75, 3.05) is 12.1 Å². The molecule has 0 radical (unpaired) electrons.